The van der Waals surface area contributed by atoms with E-state index in [-0.39, 0.29) is 23.7 Å². The van der Waals surface area contributed by atoms with Crippen molar-refractivity contribution in [2.75, 3.05) is 11.9 Å². The number of thiophene rings is 1. The second-order valence-electron chi connectivity index (χ2n) is 6.06. The van der Waals surface area contributed by atoms with Crippen molar-refractivity contribution in [2.24, 2.45) is 5.92 Å². The third-order valence-electron chi connectivity index (χ3n) is 4.46. The molecule has 24 heavy (non-hydrogen) atoms. The molecule has 3 rings (SSSR count). The summed E-state index contributed by atoms with van der Waals surface area (Å²) < 4.78 is 5.13. The lowest BCUT2D eigenvalue weighted by Crippen LogP contribution is -2.16. The molecule has 1 fully saturated rings. The lowest BCUT2D eigenvalue weighted by Gasteiger charge is -2.07. The Hall–Kier alpha value is -2.14. The molecular formula is C19H21NO3S. The molecule has 1 amide bonds. The molecule has 1 saturated carbocycles. The zero-order valence-corrected chi connectivity index (χ0v) is 14.9. The molecule has 2 atom stereocenters. The number of hydrogen-bond donors (Lipinski definition) is 1. The monoisotopic (exact) mass is 343 g/mol. The number of rotatable bonds is 5. The van der Waals surface area contributed by atoms with E-state index in [2.05, 4.69) is 17.4 Å². The van der Waals surface area contributed by atoms with Crippen LogP contribution in [0.1, 0.15) is 45.6 Å². The van der Waals surface area contributed by atoms with E-state index in [9.17, 15) is 9.59 Å². The molecule has 0 saturated heterocycles. The van der Waals surface area contributed by atoms with Crippen molar-refractivity contribution >= 4 is 28.2 Å². The standard InChI is InChI=1S/C19H21NO3S/c1-4-23-19(22)16-11(2)12(3)24-18(16)20-17(21)15-10-14(15)13-8-6-5-7-9-13/h5-9,14-15H,4,10H2,1-3H3,(H,20,21)/t14-,15-/m0/s1. The van der Waals surface area contributed by atoms with Gasteiger partial charge in [-0.2, -0.15) is 0 Å². The highest BCUT2D eigenvalue weighted by Crippen LogP contribution is 2.48. The van der Waals surface area contributed by atoms with Crippen molar-refractivity contribution < 1.29 is 14.3 Å². The largest absolute Gasteiger partial charge is 0.462 e. The van der Waals surface area contributed by atoms with Gasteiger partial charge in [0.2, 0.25) is 5.91 Å². The number of aryl methyl sites for hydroxylation is 1. The van der Waals surface area contributed by atoms with Gasteiger partial charge in [-0.25, -0.2) is 4.79 Å². The molecule has 1 aliphatic rings. The zero-order chi connectivity index (χ0) is 17.3. The Bertz CT molecular complexity index is 766. The summed E-state index contributed by atoms with van der Waals surface area (Å²) in [6, 6.07) is 10.1. The lowest BCUT2D eigenvalue weighted by molar-refractivity contribution is -0.117. The number of esters is 1. The van der Waals surface area contributed by atoms with Gasteiger partial charge in [-0.1, -0.05) is 30.3 Å². The van der Waals surface area contributed by atoms with Crippen LogP contribution >= 0.6 is 11.3 Å². The third-order valence-corrected chi connectivity index (χ3v) is 5.58. The van der Waals surface area contributed by atoms with E-state index in [0.717, 1.165) is 16.9 Å². The highest BCUT2D eigenvalue weighted by atomic mass is 32.1. The summed E-state index contributed by atoms with van der Waals surface area (Å²) in [5, 5.41) is 3.56. The second-order valence-corrected chi connectivity index (χ2v) is 7.28. The highest BCUT2D eigenvalue weighted by molar-refractivity contribution is 7.16. The summed E-state index contributed by atoms with van der Waals surface area (Å²) in [5.74, 6) is -0.134. The van der Waals surface area contributed by atoms with Gasteiger partial charge in [-0.15, -0.1) is 11.3 Å². The Kier molecular flexibility index (Phi) is 4.71. The van der Waals surface area contributed by atoms with Gasteiger partial charge in [-0.3, -0.25) is 4.79 Å². The van der Waals surface area contributed by atoms with E-state index in [0.29, 0.717) is 17.2 Å². The average molecular weight is 343 g/mol. The number of carbonyl (C=O) groups excluding carboxylic acids is 2. The van der Waals surface area contributed by atoms with Crippen LogP contribution < -0.4 is 5.32 Å². The first-order valence-electron chi connectivity index (χ1n) is 8.15. The van der Waals surface area contributed by atoms with Crippen LogP contribution in [-0.2, 0) is 9.53 Å². The molecular weight excluding hydrogens is 322 g/mol. The summed E-state index contributed by atoms with van der Waals surface area (Å²) >= 11 is 1.43. The van der Waals surface area contributed by atoms with Crippen LogP contribution in [0.3, 0.4) is 0 Å². The molecule has 0 radical (unpaired) electrons. The van der Waals surface area contributed by atoms with Gasteiger partial charge in [0.1, 0.15) is 5.00 Å². The number of amides is 1. The van der Waals surface area contributed by atoms with E-state index in [1.807, 2.05) is 32.0 Å². The summed E-state index contributed by atoms with van der Waals surface area (Å²) in [7, 11) is 0. The molecule has 126 valence electrons. The molecule has 0 unspecified atom stereocenters. The van der Waals surface area contributed by atoms with Gasteiger partial charge >= 0.3 is 5.97 Å². The summed E-state index contributed by atoms with van der Waals surface area (Å²) in [6.07, 6.45) is 0.855. The normalized spacial score (nSPS) is 19.0. The molecule has 1 heterocycles. The van der Waals surface area contributed by atoms with Crippen LogP contribution in [0.5, 0.6) is 0 Å². The molecule has 1 N–H and O–H groups in total. The Labute approximate surface area is 145 Å². The molecule has 2 aromatic rings. The fraction of sp³-hybridized carbons (Fsp3) is 0.368. The van der Waals surface area contributed by atoms with Crippen molar-refractivity contribution in [1.82, 2.24) is 0 Å². The maximum Gasteiger partial charge on any atom is 0.341 e. The summed E-state index contributed by atoms with van der Waals surface area (Å²) in [6.45, 7) is 5.93. The quantitative estimate of drug-likeness (QED) is 0.824. The van der Waals surface area contributed by atoms with Crippen molar-refractivity contribution in [3.63, 3.8) is 0 Å². The molecule has 1 aromatic heterocycles. The summed E-state index contributed by atoms with van der Waals surface area (Å²) in [5.41, 5.74) is 2.57. The van der Waals surface area contributed by atoms with E-state index >= 15 is 0 Å². The van der Waals surface area contributed by atoms with Gasteiger partial charge in [0.05, 0.1) is 12.2 Å². The van der Waals surface area contributed by atoms with Crippen LogP contribution in [0.2, 0.25) is 0 Å². The predicted octanol–water partition coefficient (Wildman–Crippen LogP) is 4.28. The van der Waals surface area contributed by atoms with Crippen LogP contribution in [0.4, 0.5) is 5.00 Å². The number of carbonyl (C=O) groups is 2. The Morgan fingerprint density at radius 1 is 1.25 bits per heavy atom. The number of ether oxygens (including phenoxy) is 1. The predicted molar refractivity (Wildman–Crippen MR) is 95.7 cm³/mol. The molecule has 5 heteroatoms. The first-order chi connectivity index (χ1) is 11.5. The number of hydrogen-bond acceptors (Lipinski definition) is 4. The Morgan fingerprint density at radius 3 is 2.62 bits per heavy atom. The minimum atomic E-state index is -0.370. The minimum absolute atomic E-state index is 0.0179. The average Bonchev–Trinajstić information content (AvgIpc) is 3.31. The molecule has 0 spiro atoms. The minimum Gasteiger partial charge on any atom is -0.462 e. The second kappa shape index (κ2) is 6.77. The van der Waals surface area contributed by atoms with E-state index in [1.165, 1.54) is 16.9 Å². The molecule has 0 aliphatic heterocycles. The van der Waals surface area contributed by atoms with Gasteiger partial charge in [0.25, 0.3) is 0 Å². The van der Waals surface area contributed by atoms with Gasteiger partial charge in [0, 0.05) is 10.8 Å². The fourth-order valence-electron chi connectivity index (χ4n) is 2.92. The third kappa shape index (κ3) is 3.22. The van der Waals surface area contributed by atoms with Crippen LogP contribution in [0.15, 0.2) is 30.3 Å². The molecule has 1 aliphatic carbocycles. The number of anilines is 1. The molecule has 0 bridgehead atoms. The SMILES string of the molecule is CCOC(=O)c1c(NC(=O)[C@H]2C[C@H]2c2ccccc2)sc(C)c1C. The zero-order valence-electron chi connectivity index (χ0n) is 14.1. The molecule has 1 aromatic carbocycles. The van der Waals surface area contributed by atoms with E-state index in [1.54, 1.807) is 6.92 Å². The fourth-order valence-corrected chi connectivity index (χ4v) is 3.97. The maximum absolute atomic E-state index is 12.6. The van der Waals surface area contributed by atoms with Crippen LogP contribution in [-0.4, -0.2) is 18.5 Å². The van der Waals surface area contributed by atoms with Crippen molar-refractivity contribution in [3.8, 4) is 0 Å². The first-order valence-corrected chi connectivity index (χ1v) is 8.97. The first kappa shape index (κ1) is 16.7. The lowest BCUT2D eigenvalue weighted by atomic mass is 10.1. The number of nitrogens with one attached hydrogen (secondary N) is 1. The smallest absolute Gasteiger partial charge is 0.341 e. The van der Waals surface area contributed by atoms with Gasteiger partial charge < -0.3 is 10.1 Å². The highest BCUT2D eigenvalue weighted by Gasteiger charge is 2.44. The Morgan fingerprint density at radius 2 is 1.96 bits per heavy atom. The van der Waals surface area contributed by atoms with Gasteiger partial charge in [-0.05, 0) is 44.2 Å². The molecule has 4 nitrogen and oxygen atoms in total. The van der Waals surface area contributed by atoms with E-state index < -0.39 is 0 Å². The van der Waals surface area contributed by atoms with Crippen LogP contribution in [0.25, 0.3) is 0 Å². The van der Waals surface area contributed by atoms with Gasteiger partial charge in [0.15, 0.2) is 0 Å². The van der Waals surface area contributed by atoms with Crippen LogP contribution in [0, 0.1) is 19.8 Å². The number of benzene rings is 1. The van der Waals surface area contributed by atoms with Crippen molar-refractivity contribution in [1.29, 1.82) is 0 Å². The van der Waals surface area contributed by atoms with Crippen molar-refractivity contribution in [2.45, 2.75) is 33.1 Å². The maximum atomic E-state index is 12.6. The van der Waals surface area contributed by atoms with Crippen molar-refractivity contribution in [3.05, 3.63) is 51.9 Å². The Balaban J connectivity index is 1.74. The van der Waals surface area contributed by atoms with E-state index in [4.69, 9.17) is 4.74 Å². The topological polar surface area (TPSA) is 55.4 Å². The summed E-state index contributed by atoms with van der Waals surface area (Å²) in [4.78, 5) is 25.8.